The number of carbonyl (C=O) groups excluding carboxylic acids is 1. The predicted octanol–water partition coefficient (Wildman–Crippen LogP) is 1.39. The van der Waals surface area contributed by atoms with Gasteiger partial charge in [-0.1, -0.05) is 25.0 Å². The number of nitrogens with one attached hydrogen (secondary N) is 1. The number of hydrogen-bond acceptors (Lipinski definition) is 4. The van der Waals surface area contributed by atoms with E-state index in [1.165, 1.54) is 18.9 Å². The van der Waals surface area contributed by atoms with E-state index >= 15 is 0 Å². The minimum Gasteiger partial charge on any atom is -0.352 e. The Bertz CT molecular complexity index is 654. The van der Waals surface area contributed by atoms with Crippen LogP contribution in [0.25, 0.3) is 0 Å². The van der Waals surface area contributed by atoms with E-state index < -0.39 is 10.0 Å². The quantitative estimate of drug-likeness (QED) is 0.819. The fraction of sp³-hybridized carbons (Fsp3) is 0.562. The molecular weight excluding hydrogens is 314 g/mol. The molecule has 0 spiro atoms. The molecular formula is C16H25N3O3S. The number of likely N-dealkylation sites (N-methyl/N-ethyl adjacent to an activating group) is 1. The molecule has 128 valence electrons. The summed E-state index contributed by atoms with van der Waals surface area (Å²) in [5, 5.41) is 8.22. The van der Waals surface area contributed by atoms with Gasteiger partial charge in [-0.15, -0.1) is 0 Å². The lowest BCUT2D eigenvalue weighted by molar-refractivity contribution is -0.123. The van der Waals surface area contributed by atoms with Crippen molar-refractivity contribution in [1.82, 2.24) is 10.2 Å². The topological polar surface area (TPSA) is 92.5 Å². The number of nitrogens with zero attached hydrogens (tertiary/aromatic N) is 1. The van der Waals surface area contributed by atoms with E-state index in [4.69, 9.17) is 5.14 Å². The van der Waals surface area contributed by atoms with Gasteiger partial charge in [-0.25, -0.2) is 13.6 Å². The number of hydrogen-bond donors (Lipinski definition) is 2. The van der Waals surface area contributed by atoms with Crippen LogP contribution in [0.2, 0.25) is 0 Å². The monoisotopic (exact) mass is 339 g/mol. The van der Waals surface area contributed by atoms with Crippen molar-refractivity contribution in [3.63, 3.8) is 0 Å². The molecule has 3 N–H and O–H groups in total. The third-order valence-electron chi connectivity index (χ3n) is 4.44. The summed E-state index contributed by atoms with van der Waals surface area (Å²) < 4.78 is 22.9. The molecule has 0 heterocycles. The number of rotatable bonds is 6. The molecule has 1 unspecified atom stereocenters. The Labute approximate surface area is 138 Å². The summed E-state index contributed by atoms with van der Waals surface area (Å²) in [6.45, 7) is 2.21. The highest BCUT2D eigenvalue weighted by Gasteiger charge is 2.20. The van der Waals surface area contributed by atoms with E-state index in [-0.39, 0.29) is 23.4 Å². The SMILES string of the molecule is CC(c1cccc(S(N)(=O)=O)c1)N(C)CC(=O)NC1CCCC1. The molecule has 1 aliphatic rings. The van der Waals surface area contributed by atoms with Crippen molar-refractivity contribution in [2.45, 2.75) is 49.6 Å². The Morgan fingerprint density at radius 3 is 2.65 bits per heavy atom. The number of sulfonamides is 1. The van der Waals surface area contributed by atoms with Crippen molar-refractivity contribution in [2.75, 3.05) is 13.6 Å². The number of primary sulfonamides is 1. The minimum absolute atomic E-state index is 0.00820. The fourth-order valence-electron chi connectivity index (χ4n) is 2.91. The lowest BCUT2D eigenvalue weighted by Crippen LogP contribution is -2.40. The second-order valence-electron chi connectivity index (χ2n) is 6.26. The van der Waals surface area contributed by atoms with Crippen LogP contribution in [0.15, 0.2) is 29.2 Å². The average Bonchev–Trinajstić information content (AvgIpc) is 2.98. The van der Waals surface area contributed by atoms with Crippen LogP contribution in [0.4, 0.5) is 0 Å². The zero-order valence-electron chi connectivity index (χ0n) is 13.7. The molecule has 0 bridgehead atoms. The van der Waals surface area contributed by atoms with Crippen molar-refractivity contribution in [3.05, 3.63) is 29.8 Å². The normalized spacial score (nSPS) is 17.4. The zero-order chi connectivity index (χ0) is 17.0. The summed E-state index contributed by atoms with van der Waals surface area (Å²) in [6, 6.07) is 6.75. The third kappa shape index (κ3) is 5.02. The second-order valence-corrected chi connectivity index (χ2v) is 7.82. The van der Waals surface area contributed by atoms with Crippen LogP contribution in [0.3, 0.4) is 0 Å². The highest BCUT2D eigenvalue weighted by molar-refractivity contribution is 7.89. The van der Waals surface area contributed by atoms with Crippen LogP contribution >= 0.6 is 0 Å². The Balaban J connectivity index is 1.98. The lowest BCUT2D eigenvalue weighted by Gasteiger charge is -2.25. The largest absolute Gasteiger partial charge is 0.352 e. The number of amides is 1. The summed E-state index contributed by atoms with van der Waals surface area (Å²) >= 11 is 0. The summed E-state index contributed by atoms with van der Waals surface area (Å²) in [5.41, 5.74) is 0.813. The zero-order valence-corrected chi connectivity index (χ0v) is 14.5. The van der Waals surface area contributed by atoms with E-state index in [9.17, 15) is 13.2 Å². The standard InChI is InChI=1S/C16H25N3O3S/c1-12(13-6-5-9-15(10-13)23(17,21)22)19(2)11-16(20)18-14-7-3-4-8-14/h5-6,9-10,12,14H,3-4,7-8,11H2,1-2H3,(H,18,20)(H2,17,21,22). The van der Waals surface area contributed by atoms with E-state index in [1.807, 2.05) is 24.9 Å². The van der Waals surface area contributed by atoms with Crippen molar-refractivity contribution in [1.29, 1.82) is 0 Å². The van der Waals surface area contributed by atoms with Gasteiger partial charge in [-0.2, -0.15) is 0 Å². The molecule has 1 aromatic rings. The first-order chi connectivity index (χ1) is 10.8. The van der Waals surface area contributed by atoms with E-state index in [1.54, 1.807) is 12.1 Å². The van der Waals surface area contributed by atoms with Gasteiger partial charge < -0.3 is 5.32 Å². The van der Waals surface area contributed by atoms with Gasteiger partial charge in [0.1, 0.15) is 0 Å². The Kier molecular flexibility index (Phi) is 5.78. The molecule has 23 heavy (non-hydrogen) atoms. The van der Waals surface area contributed by atoms with Gasteiger partial charge >= 0.3 is 0 Å². The summed E-state index contributed by atoms with van der Waals surface area (Å²) in [7, 11) is -1.87. The highest BCUT2D eigenvalue weighted by Crippen LogP contribution is 2.21. The first kappa shape index (κ1) is 17.9. The van der Waals surface area contributed by atoms with Gasteiger partial charge in [0.25, 0.3) is 0 Å². The maximum absolute atomic E-state index is 12.1. The first-order valence-corrected chi connectivity index (χ1v) is 9.44. The molecule has 1 saturated carbocycles. The molecule has 0 radical (unpaired) electrons. The van der Waals surface area contributed by atoms with Gasteiger partial charge in [0.05, 0.1) is 11.4 Å². The minimum atomic E-state index is -3.72. The highest BCUT2D eigenvalue weighted by atomic mass is 32.2. The van der Waals surface area contributed by atoms with Gasteiger partial charge in [0.2, 0.25) is 15.9 Å². The predicted molar refractivity (Wildman–Crippen MR) is 89.3 cm³/mol. The van der Waals surface area contributed by atoms with Crippen molar-refractivity contribution < 1.29 is 13.2 Å². The van der Waals surface area contributed by atoms with Crippen LogP contribution in [0.1, 0.15) is 44.2 Å². The van der Waals surface area contributed by atoms with Crippen molar-refractivity contribution >= 4 is 15.9 Å². The van der Waals surface area contributed by atoms with Crippen LogP contribution in [-0.4, -0.2) is 38.9 Å². The molecule has 0 aliphatic heterocycles. The number of benzene rings is 1. The van der Waals surface area contributed by atoms with Crippen LogP contribution in [-0.2, 0) is 14.8 Å². The maximum Gasteiger partial charge on any atom is 0.238 e. The van der Waals surface area contributed by atoms with Gasteiger partial charge in [-0.05, 0) is 44.5 Å². The van der Waals surface area contributed by atoms with E-state index in [2.05, 4.69) is 5.32 Å². The Morgan fingerprint density at radius 2 is 2.04 bits per heavy atom. The summed E-state index contributed by atoms with van der Waals surface area (Å²) in [5.74, 6) is 0.00820. The second kappa shape index (κ2) is 7.42. The third-order valence-corrected chi connectivity index (χ3v) is 5.35. The first-order valence-electron chi connectivity index (χ1n) is 7.90. The smallest absolute Gasteiger partial charge is 0.238 e. The molecule has 6 nitrogen and oxygen atoms in total. The molecule has 0 saturated heterocycles. The number of nitrogens with two attached hydrogens (primary N) is 1. The van der Waals surface area contributed by atoms with Crippen molar-refractivity contribution in [3.8, 4) is 0 Å². The lowest BCUT2D eigenvalue weighted by atomic mass is 10.1. The fourth-order valence-corrected chi connectivity index (χ4v) is 3.48. The van der Waals surface area contributed by atoms with Crippen molar-refractivity contribution in [2.24, 2.45) is 5.14 Å². The Morgan fingerprint density at radius 1 is 1.39 bits per heavy atom. The molecule has 1 fully saturated rings. The molecule has 0 aromatic heterocycles. The summed E-state index contributed by atoms with van der Waals surface area (Å²) in [6.07, 6.45) is 4.47. The molecule has 1 atom stereocenters. The summed E-state index contributed by atoms with van der Waals surface area (Å²) in [4.78, 5) is 14.1. The molecule has 1 aliphatic carbocycles. The molecule has 1 aromatic carbocycles. The van der Waals surface area contributed by atoms with Gasteiger partial charge in [0, 0.05) is 12.1 Å². The molecule has 1 amide bonds. The van der Waals surface area contributed by atoms with Gasteiger partial charge in [-0.3, -0.25) is 9.69 Å². The average molecular weight is 339 g/mol. The van der Waals surface area contributed by atoms with E-state index in [0.717, 1.165) is 18.4 Å². The molecule has 7 heteroatoms. The van der Waals surface area contributed by atoms with Gasteiger partial charge in [0.15, 0.2) is 0 Å². The molecule has 2 rings (SSSR count). The van der Waals surface area contributed by atoms with Crippen LogP contribution in [0.5, 0.6) is 0 Å². The number of carbonyl (C=O) groups is 1. The van der Waals surface area contributed by atoms with Crippen LogP contribution in [0, 0.1) is 0 Å². The van der Waals surface area contributed by atoms with Crippen LogP contribution < -0.4 is 10.5 Å². The Hall–Kier alpha value is -1.44. The van der Waals surface area contributed by atoms with E-state index in [0.29, 0.717) is 6.04 Å². The maximum atomic E-state index is 12.1.